The van der Waals surface area contributed by atoms with Gasteiger partial charge in [-0.05, 0) is 48.9 Å². The van der Waals surface area contributed by atoms with Gasteiger partial charge in [0.25, 0.3) is 5.91 Å². The van der Waals surface area contributed by atoms with Gasteiger partial charge in [0.2, 0.25) is 0 Å². The van der Waals surface area contributed by atoms with Crippen molar-refractivity contribution >= 4 is 5.91 Å². The van der Waals surface area contributed by atoms with Crippen LogP contribution in [0.15, 0.2) is 54.6 Å². The number of nitrogens with zero attached hydrogens (tertiary/aromatic N) is 1. The summed E-state index contributed by atoms with van der Waals surface area (Å²) in [6.07, 6.45) is 4.24. The first-order valence-corrected chi connectivity index (χ1v) is 7.26. The fraction of sp³-hybridized carbons (Fsp3) is 0.278. The summed E-state index contributed by atoms with van der Waals surface area (Å²) < 4.78 is 0. The van der Waals surface area contributed by atoms with Crippen LogP contribution in [-0.4, -0.2) is 23.2 Å². The maximum Gasteiger partial charge on any atom is 0.276 e. The van der Waals surface area contributed by atoms with Crippen molar-refractivity contribution in [2.45, 2.75) is 25.7 Å². The lowest BCUT2D eigenvalue weighted by Crippen LogP contribution is -2.22. The molecule has 0 saturated heterocycles. The number of carbonyl (C=O) groups is 1. The number of unbranched alkanes of at least 4 members (excludes halogenated alkanes) is 1. The van der Waals surface area contributed by atoms with E-state index in [0.717, 1.165) is 31.2 Å². The van der Waals surface area contributed by atoms with Crippen LogP contribution < -0.4 is 0 Å². The van der Waals surface area contributed by atoms with E-state index in [9.17, 15) is 10.0 Å². The van der Waals surface area contributed by atoms with E-state index in [1.807, 2.05) is 24.3 Å². The van der Waals surface area contributed by atoms with Crippen LogP contribution in [0.2, 0.25) is 0 Å². The third-order valence-corrected chi connectivity index (χ3v) is 3.49. The van der Waals surface area contributed by atoms with E-state index < -0.39 is 0 Å². The molecule has 0 radical (unpaired) electrons. The van der Waals surface area contributed by atoms with Crippen molar-refractivity contribution < 1.29 is 10.0 Å². The molecule has 2 rings (SSSR count). The van der Waals surface area contributed by atoms with E-state index >= 15 is 0 Å². The molecule has 21 heavy (non-hydrogen) atoms. The zero-order valence-corrected chi connectivity index (χ0v) is 12.3. The highest BCUT2D eigenvalue weighted by Gasteiger charge is 2.09. The van der Waals surface area contributed by atoms with Gasteiger partial charge in [-0.3, -0.25) is 10.0 Å². The van der Waals surface area contributed by atoms with Gasteiger partial charge in [-0.15, -0.1) is 0 Å². The Balaban J connectivity index is 1.83. The SMILES string of the molecule is CN(O)C(=O)c1cccc(CCCCc2ccccc2)c1. The predicted molar refractivity (Wildman–Crippen MR) is 83.4 cm³/mol. The number of benzene rings is 2. The average Bonchev–Trinajstić information content (AvgIpc) is 2.52. The van der Waals surface area contributed by atoms with Gasteiger partial charge in [0, 0.05) is 12.6 Å². The highest BCUT2D eigenvalue weighted by molar-refractivity contribution is 5.93. The van der Waals surface area contributed by atoms with E-state index in [0.29, 0.717) is 10.6 Å². The summed E-state index contributed by atoms with van der Waals surface area (Å²) >= 11 is 0. The monoisotopic (exact) mass is 283 g/mol. The Kier molecular flexibility index (Phi) is 5.52. The molecule has 0 unspecified atom stereocenters. The molecule has 0 bridgehead atoms. The van der Waals surface area contributed by atoms with Crippen molar-refractivity contribution in [1.29, 1.82) is 0 Å². The lowest BCUT2D eigenvalue weighted by Gasteiger charge is -2.09. The van der Waals surface area contributed by atoms with Gasteiger partial charge in [0.05, 0.1) is 0 Å². The summed E-state index contributed by atoms with van der Waals surface area (Å²) in [5, 5.41) is 9.81. The van der Waals surface area contributed by atoms with Crippen molar-refractivity contribution in [3.05, 3.63) is 71.3 Å². The van der Waals surface area contributed by atoms with Gasteiger partial charge in [0.1, 0.15) is 0 Å². The summed E-state index contributed by atoms with van der Waals surface area (Å²) in [7, 11) is 1.34. The molecule has 0 saturated carbocycles. The number of carbonyl (C=O) groups excluding carboxylic acids is 1. The zero-order chi connectivity index (χ0) is 15.1. The summed E-state index contributed by atoms with van der Waals surface area (Å²) in [6.45, 7) is 0. The minimum absolute atomic E-state index is 0.374. The van der Waals surface area contributed by atoms with Crippen molar-refractivity contribution in [1.82, 2.24) is 5.06 Å². The molecule has 2 aromatic rings. The molecule has 1 N–H and O–H groups in total. The first kappa shape index (κ1) is 15.3. The maximum absolute atomic E-state index is 11.7. The fourth-order valence-electron chi connectivity index (χ4n) is 2.35. The Morgan fingerprint density at radius 3 is 2.24 bits per heavy atom. The van der Waals surface area contributed by atoms with Crippen LogP contribution in [0.5, 0.6) is 0 Å². The third-order valence-electron chi connectivity index (χ3n) is 3.49. The van der Waals surface area contributed by atoms with Crippen LogP contribution in [-0.2, 0) is 12.8 Å². The van der Waals surface area contributed by atoms with E-state index in [-0.39, 0.29) is 5.91 Å². The summed E-state index contributed by atoms with van der Waals surface area (Å²) in [5.74, 6) is -0.374. The van der Waals surface area contributed by atoms with E-state index in [1.54, 1.807) is 6.07 Å². The van der Waals surface area contributed by atoms with Gasteiger partial charge < -0.3 is 0 Å². The Hall–Kier alpha value is -2.13. The number of hydrogen-bond acceptors (Lipinski definition) is 2. The smallest absolute Gasteiger partial charge is 0.276 e. The van der Waals surface area contributed by atoms with Crippen LogP contribution in [0, 0.1) is 0 Å². The standard InChI is InChI=1S/C18H21NO2/c1-19(21)18(20)17-13-7-12-16(14-17)11-6-5-10-15-8-3-2-4-9-15/h2-4,7-9,12-14,21H,5-6,10-11H2,1H3. The van der Waals surface area contributed by atoms with Crippen molar-refractivity contribution in [2.24, 2.45) is 0 Å². The number of aryl methyl sites for hydroxylation is 2. The largest absolute Gasteiger partial charge is 0.286 e. The van der Waals surface area contributed by atoms with Crippen LogP contribution >= 0.6 is 0 Å². The maximum atomic E-state index is 11.7. The van der Waals surface area contributed by atoms with Crippen LogP contribution in [0.1, 0.15) is 34.3 Å². The van der Waals surface area contributed by atoms with Gasteiger partial charge in [-0.1, -0.05) is 42.5 Å². The molecular formula is C18H21NO2. The van der Waals surface area contributed by atoms with Crippen LogP contribution in [0.4, 0.5) is 0 Å². The number of rotatable bonds is 6. The van der Waals surface area contributed by atoms with E-state index in [4.69, 9.17) is 0 Å². The molecule has 0 aliphatic heterocycles. The van der Waals surface area contributed by atoms with Gasteiger partial charge >= 0.3 is 0 Å². The van der Waals surface area contributed by atoms with Gasteiger partial charge in [0.15, 0.2) is 0 Å². The quantitative estimate of drug-likeness (QED) is 0.499. The molecule has 0 spiro atoms. The number of hydroxylamine groups is 2. The first-order chi connectivity index (χ1) is 10.2. The normalized spacial score (nSPS) is 10.4. The summed E-state index contributed by atoms with van der Waals surface area (Å²) in [5.41, 5.74) is 3.03. The molecule has 2 aromatic carbocycles. The van der Waals surface area contributed by atoms with Crippen LogP contribution in [0.25, 0.3) is 0 Å². The van der Waals surface area contributed by atoms with Gasteiger partial charge in [-0.25, -0.2) is 5.06 Å². The summed E-state index contributed by atoms with van der Waals surface area (Å²) in [6, 6.07) is 17.9. The molecule has 0 fully saturated rings. The lowest BCUT2D eigenvalue weighted by atomic mass is 10.0. The number of amides is 1. The predicted octanol–water partition coefficient (Wildman–Crippen LogP) is 3.71. The second-order valence-electron chi connectivity index (χ2n) is 5.22. The molecule has 0 aliphatic carbocycles. The zero-order valence-electron chi connectivity index (χ0n) is 12.3. The lowest BCUT2D eigenvalue weighted by molar-refractivity contribution is -0.0375. The second-order valence-corrected chi connectivity index (χ2v) is 5.22. The molecule has 1 amide bonds. The van der Waals surface area contributed by atoms with Crippen LogP contribution in [0.3, 0.4) is 0 Å². The molecule has 0 heterocycles. The average molecular weight is 283 g/mol. The minimum atomic E-state index is -0.374. The van der Waals surface area contributed by atoms with Crippen molar-refractivity contribution in [3.63, 3.8) is 0 Å². The van der Waals surface area contributed by atoms with Gasteiger partial charge in [-0.2, -0.15) is 0 Å². The molecule has 110 valence electrons. The molecule has 0 atom stereocenters. The first-order valence-electron chi connectivity index (χ1n) is 7.26. The van der Waals surface area contributed by atoms with E-state index in [1.165, 1.54) is 12.6 Å². The molecule has 0 aliphatic rings. The topological polar surface area (TPSA) is 40.5 Å². The molecule has 3 heteroatoms. The molecular weight excluding hydrogens is 262 g/mol. The summed E-state index contributed by atoms with van der Waals surface area (Å²) in [4.78, 5) is 11.7. The number of hydrogen-bond donors (Lipinski definition) is 1. The van der Waals surface area contributed by atoms with Crippen molar-refractivity contribution in [3.8, 4) is 0 Å². The van der Waals surface area contributed by atoms with Crippen molar-refractivity contribution in [2.75, 3.05) is 7.05 Å². The molecule has 0 aromatic heterocycles. The highest BCUT2D eigenvalue weighted by Crippen LogP contribution is 2.12. The Morgan fingerprint density at radius 2 is 1.57 bits per heavy atom. The second kappa shape index (κ2) is 7.60. The third kappa shape index (κ3) is 4.72. The minimum Gasteiger partial charge on any atom is -0.286 e. The Labute approximate surface area is 125 Å². The molecule has 3 nitrogen and oxygen atoms in total. The fourth-order valence-corrected chi connectivity index (χ4v) is 2.35. The Bertz CT molecular complexity index is 579. The Morgan fingerprint density at radius 1 is 0.952 bits per heavy atom. The highest BCUT2D eigenvalue weighted by atomic mass is 16.5. The van der Waals surface area contributed by atoms with E-state index in [2.05, 4.69) is 24.3 Å².